The van der Waals surface area contributed by atoms with Crippen molar-refractivity contribution in [2.45, 2.75) is 66.0 Å². The van der Waals surface area contributed by atoms with E-state index in [1.165, 1.54) is 24.8 Å². The number of aryl methyl sites for hydroxylation is 2. The van der Waals surface area contributed by atoms with Crippen LogP contribution in [0.25, 0.3) is 0 Å². The lowest BCUT2D eigenvalue weighted by Crippen LogP contribution is -2.43. The van der Waals surface area contributed by atoms with E-state index >= 15 is 0 Å². The third-order valence-electron chi connectivity index (χ3n) is 3.83. The lowest BCUT2D eigenvalue weighted by atomic mass is 9.89. The zero-order valence-corrected chi connectivity index (χ0v) is 11.3. The third-order valence-corrected chi connectivity index (χ3v) is 3.83. The molecule has 2 nitrogen and oxygen atoms in total. The zero-order valence-electron chi connectivity index (χ0n) is 11.3. The molecule has 0 atom stereocenters. The van der Waals surface area contributed by atoms with Crippen LogP contribution in [-0.4, -0.2) is 5.54 Å². The van der Waals surface area contributed by atoms with E-state index in [1.54, 1.807) is 0 Å². The summed E-state index contributed by atoms with van der Waals surface area (Å²) in [7, 11) is 0. The van der Waals surface area contributed by atoms with E-state index in [2.05, 4.69) is 32.2 Å². The molecule has 1 aromatic rings. The molecule has 0 aliphatic rings. The maximum absolute atomic E-state index is 5.54. The number of nitrogens with one attached hydrogen (secondary N) is 1. The highest BCUT2D eigenvalue weighted by Crippen LogP contribution is 2.21. The van der Waals surface area contributed by atoms with Gasteiger partial charge in [-0.3, -0.25) is 0 Å². The van der Waals surface area contributed by atoms with Gasteiger partial charge in [0.2, 0.25) is 0 Å². The van der Waals surface area contributed by atoms with Crippen LogP contribution in [0.2, 0.25) is 0 Å². The Morgan fingerprint density at radius 3 is 2.06 bits per heavy atom. The molecule has 2 heteroatoms. The normalized spacial score (nSPS) is 12.1. The molecule has 0 aromatic carbocycles. The topological polar surface area (TPSA) is 25.2 Å². The van der Waals surface area contributed by atoms with Gasteiger partial charge >= 0.3 is 0 Å². The van der Waals surface area contributed by atoms with E-state index in [-0.39, 0.29) is 5.54 Å². The van der Waals surface area contributed by atoms with Gasteiger partial charge in [-0.25, -0.2) is 0 Å². The Labute approximate surface area is 99.4 Å². The molecular weight excluding hydrogens is 198 g/mol. The first kappa shape index (κ1) is 13.3. The van der Waals surface area contributed by atoms with Crippen LogP contribution in [0, 0.1) is 13.8 Å². The van der Waals surface area contributed by atoms with Crippen LogP contribution in [0.5, 0.6) is 0 Å². The summed E-state index contributed by atoms with van der Waals surface area (Å²) in [4.78, 5) is 0. The highest BCUT2D eigenvalue weighted by Gasteiger charge is 2.23. The molecule has 1 heterocycles. The molecule has 0 fully saturated rings. The molecule has 92 valence electrons. The second-order valence-corrected chi connectivity index (χ2v) is 4.63. The Kier molecular flexibility index (Phi) is 4.60. The van der Waals surface area contributed by atoms with Gasteiger partial charge < -0.3 is 9.73 Å². The molecule has 0 aliphatic heterocycles. The summed E-state index contributed by atoms with van der Waals surface area (Å²) < 4.78 is 5.54. The van der Waals surface area contributed by atoms with E-state index in [9.17, 15) is 0 Å². The van der Waals surface area contributed by atoms with Crippen LogP contribution in [-0.2, 0) is 6.54 Å². The van der Waals surface area contributed by atoms with Gasteiger partial charge in [0.15, 0.2) is 0 Å². The van der Waals surface area contributed by atoms with Gasteiger partial charge in [-0.15, -0.1) is 0 Å². The monoisotopic (exact) mass is 223 g/mol. The number of hydrogen-bond acceptors (Lipinski definition) is 2. The summed E-state index contributed by atoms with van der Waals surface area (Å²) in [5.74, 6) is 2.05. The number of hydrogen-bond donors (Lipinski definition) is 1. The van der Waals surface area contributed by atoms with Gasteiger partial charge in [0.1, 0.15) is 11.5 Å². The molecular formula is C14H25NO. The molecule has 0 spiro atoms. The van der Waals surface area contributed by atoms with Crippen LogP contribution in [0.1, 0.15) is 57.1 Å². The molecule has 0 aliphatic carbocycles. The maximum Gasteiger partial charge on any atom is 0.105 e. The predicted molar refractivity (Wildman–Crippen MR) is 68.6 cm³/mol. The highest BCUT2D eigenvalue weighted by molar-refractivity contribution is 5.20. The number of furan rings is 1. The first-order valence-corrected chi connectivity index (χ1v) is 6.37. The van der Waals surface area contributed by atoms with Crippen molar-refractivity contribution in [1.82, 2.24) is 5.32 Å². The van der Waals surface area contributed by atoms with Crippen LogP contribution < -0.4 is 5.32 Å². The zero-order chi connectivity index (χ0) is 12.2. The molecule has 0 bridgehead atoms. The van der Waals surface area contributed by atoms with Crippen molar-refractivity contribution in [2.24, 2.45) is 0 Å². The van der Waals surface area contributed by atoms with Crippen molar-refractivity contribution < 1.29 is 4.42 Å². The highest BCUT2D eigenvalue weighted by atomic mass is 16.3. The van der Waals surface area contributed by atoms with Crippen molar-refractivity contribution in [1.29, 1.82) is 0 Å². The van der Waals surface area contributed by atoms with E-state index < -0.39 is 0 Å². The SMILES string of the molecule is CCC(CC)(CC)NCc1cc(C)oc1C. The first-order valence-electron chi connectivity index (χ1n) is 6.37. The van der Waals surface area contributed by atoms with Gasteiger partial charge in [0.25, 0.3) is 0 Å². The van der Waals surface area contributed by atoms with Gasteiger partial charge in [0.05, 0.1) is 0 Å². The molecule has 1 N–H and O–H groups in total. The molecule has 0 amide bonds. The summed E-state index contributed by atoms with van der Waals surface area (Å²) in [5.41, 5.74) is 1.58. The fraction of sp³-hybridized carbons (Fsp3) is 0.714. The molecule has 0 unspecified atom stereocenters. The number of rotatable bonds is 6. The molecule has 0 radical (unpaired) electrons. The molecule has 16 heavy (non-hydrogen) atoms. The third kappa shape index (κ3) is 2.88. The summed E-state index contributed by atoms with van der Waals surface area (Å²) in [5, 5.41) is 3.69. The van der Waals surface area contributed by atoms with Crippen LogP contribution in [0.15, 0.2) is 10.5 Å². The van der Waals surface area contributed by atoms with E-state index in [0.29, 0.717) is 0 Å². The Bertz CT molecular complexity index is 315. The van der Waals surface area contributed by atoms with Crippen LogP contribution in [0.3, 0.4) is 0 Å². The molecule has 1 rings (SSSR count). The van der Waals surface area contributed by atoms with Crippen LogP contribution >= 0.6 is 0 Å². The average molecular weight is 223 g/mol. The van der Waals surface area contributed by atoms with E-state index in [4.69, 9.17) is 4.42 Å². The summed E-state index contributed by atoms with van der Waals surface area (Å²) in [6, 6.07) is 2.13. The van der Waals surface area contributed by atoms with E-state index in [1.807, 2.05) is 13.8 Å². The minimum atomic E-state index is 0.289. The fourth-order valence-corrected chi connectivity index (χ4v) is 2.27. The van der Waals surface area contributed by atoms with Crippen molar-refractivity contribution in [3.63, 3.8) is 0 Å². The summed E-state index contributed by atoms with van der Waals surface area (Å²) in [6.07, 6.45) is 3.53. The Morgan fingerprint density at radius 2 is 1.69 bits per heavy atom. The van der Waals surface area contributed by atoms with Crippen molar-refractivity contribution in [3.8, 4) is 0 Å². The predicted octanol–water partition coefficient (Wildman–Crippen LogP) is 3.95. The lowest BCUT2D eigenvalue weighted by Gasteiger charge is -2.32. The lowest BCUT2D eigenvalue weighted by molar-refractivity contribution is 0.287. The van der Waals surface area contributed by atoms with Gasteiger partial charge in [-0.1, -0.05) is 20.8 Å². The summed E-state index contributed by atoms with van der Waals surface area (Å²) in [6.45, 7) is 11.7. The Hall–Kier alpha value is -0.760. The van der Waals surface area contributed by atoms with Crippen molar-refractivity contribution in [2.75, 3.05) is 0 Å². The minimum Gasteiger partial charge on any atom is -0.466 e. The largest absolute Gasteiger partial charge is 0.466 e. The van der Waals surface area contributed by atoms with Gasteiger partial charge in [-0.2, -0.15) is 0 Å². The summed E-state index contributed by atoms with van der Waals surface area (Å²) >= 11 is 0. The average Bonchev–Trinajstić information content (AvgIpc) is 2.60. The molecule has 0 saturated heterocycles. The van der Waals surface area contributed by atoms with Crippen molar-refractivity contribution in [3.05, 3.63) is 23.2 Å². The van der Waals surface area contributed by atoms with Crippen LogP contribution in [0.4, 0.5) is 0 Å². The molecule has 1 aromatic heterocycles. The van der Waals surface area contributed by atoms with Gasteiger partial charge in [0, 0.05) is 17.6 Å². The standard InChI is InChI=1S/C14H25NO/c1-6-14(7-2,8-3)15-10-13-9-11(4)16-12(13)5/h9,15H,6-8,10H2,1-5H3. The minimum absolute atomic E-state index is 0.289. The van der Waals surface area contributed by atoms with E-state index in [0.717, 1.165) is 18.1 Å². The smallest absolute Gasteiger partial charge is 0.105 e. The van der Waals surface area contributed by atoms with Gasteiger partial charge in [-0.05, 0) is 39.2 Å². The Balaban J connectivity index is 2.65. The van der Waals surface area contributed by atoms with Crippen molar-refractivity contribution >= 4 is 0 Å². The first-order chi connectivity index (χ1) is 7.56. The maximum atomic E-state index is 5.54. The Morgan fingerprint density at radius 1 is 1.12 bits per heavy atom. The second-order valence-electron chi connectivity index (χ2n) is 4.63. The molecule has 0 saturated carbocycles. The quantitative estimate of drug-likeness (QED) is 0.789. The fourth-order valence-electron chi connectivity index (χ4n) is 2.27. The second kappa shape index (κ2) is 5.53.